The highest BCUT2D eigenvalue weighted by Crippen LogP contribution is 2.28. The quantitative estimate of drug-likeness (QED) is 0.746. The highest BCUT2D eigenvalue weighted by Gasteiger charge is 2.24. The summed E-state index contributed by atoms with van der Waals surface area (Å²) in [6.07, 6.45) is 1.52. The lowest BCUT2D eigenvalue weighted by Crippen LogP contribution is -2.30. The molecule has 0 unspecified atom stereocenters. The molecule has 0 N–H and O–H groups in total. The summed E-state index contributed by atoms with van der Waals surface area (Å²) in [6, 6.07) is 4.43. The summed E-state index contributed by atoms with van der Waals surface area (Å²) in [4.78, 5) is 11.4. The van der Waals surface area contributed by atoms with Crippen LogP contribution in [0.5, 0.6) is 5.75 Å². The molecule has 1 aromatic rings. The van der Waals surface area contributed by atoms with Crippen molar-refractivity contribution < 1.29 is 13.9 Å². The third-order valence-corrected chi connectivity index (χ3v) is 2.68. The average molecular weight is 208 g/mol. The van der Waals surface area contributed by atoms with Gasteiger partial charge in [-0.25, -0.2) is 4.39 Å². The minimum Gasteiger partial charge on any atom is -0.482 e. The summed E-state index contributed by atoms with van der Waals surface area (Å²) in [5.74, 6) is 0.511. The van der Waals surface area contributed by atoms with E-state index in [-0.39, 0.29) is 17.7 Å². The number of ether oxygens (including phenoxy) is 1. The van der Waals surface area contributed by atoms with Crippen molar-refractivity contribution in [3.05, 3.63) is 29.6 Å². The van der Waals surface area contributed by atoms with Crippen molar-refractivity contribution in [1.82, 2.24) is 0 Å². The zero-order valence-electron chi connectivity index (χ0n) is 8.63. The molecular formula is C12H13FO2. The monoisotopic (exact) mass is 208 g/mol. The Kier molecular flexibility index (Phi) is 2.71. The lowest BCUT2D eigenvalue weighted by Gasteiger charge is -2.24. The molecule has 2 rings (SSSR count). The number of aryl methyl sites for hydroxylation is 1. The molecule has 2 nitrogen and oxygen atoms in total. The van der Waals surface area contributed by atoms with Gasteiger partial charge in [0.25, 0.3) is 0 Å². The smallest absolute Gasteiger partial charge is 0.173 e. The van der Waals surface area contributed by atoms with Gasteiger partial charge < -0.3 is 4.74 Å². The largest absolute Gasteiger partial charge is 0.482 e. The van der Waals surface area contributed by atoms with Gasteiger partial charge in [-0.3, -0.25) is 4.79 Å². The first kappa shape index (κ1) is 10.1. The van der Waals surface area contributed by atoms with Crippen LogP contribution in [0, 0.1) is 5.82 Å². The fourth-order valence-electron chi connectivity index (χ4n) is 1.81. The van der Waals surface area contributed by atoms with Crippen molar-refractivity contribution in [2.75, 3.05) is 0 Å². The van der Waals surface area contributed by atoms with Crippen molar-refractivity contribution in [3.8, 4) is 5.75 Å². The van der Waals surface area contributed by atoms with E-state index in [4.69, 9.17) is 4.74 Å². The highest BCUT2D eigenvalue weighted by molar-refractivity contribution is 5.83. The topological polar surface area (TPSA) is 26.3 Å². The van der Waals surface area contributed by atoms with Gasteiger partial charge in [-0.15, -0.1) is 0 Å². The first-order valence-corrected chi connectivity index (χ1v) is 5.18. The number of hydrogen-bond acceptors (Lipinski definition) is 2. The number of hydrogen-bond donors (Lipinski definition) is 0. The van der Waals surface area contributed by atoms with Crippen molar-refractivity contribution >= 4 is 5.78 Å². The molecule has 0 saturated carbocycles. The normalized spacial score (nSPS) is 19.2. The molecular weight excluding hydrogens is 195 g/mol. The number of benzene rings is 1. The first-order chi connectivity index (χ1) is 7.20. The second-order valence-electron chi connectivity index (χ2n) is 3.72. The number of carbonyl (C=O) groups is 1. The molecule has 1 heterocycles. The summed E-state index contributed by atoms with van der Waals surface area (Å²) in [5, 5.41) is 0. The second kappa shape index (κ2) is 4.01. The van der Waals surface area contributed by atoms with Gasteiger partial charge >= 0.3 is 0 Å². The number of carbonyl (C=O) groups excluding carboxylic acids is 1. The van der Waals surface area contributed by atoms with Crippen LogP contribution in [0.4, 0.5) is 4.39 Å². The van der Waals surface area contributed by atoms with E-state index in [1.54, 1.807) is 6.07 Å². The minimum atomic E-state index is -0.340. The Morgan fingerprint density at radius 1 is 1.60 bits per heavy atom. The molecule has 80 valence electrons. The van der Waals surface area contributed by atoms with Gasteiger partial charge in [0.2, 0.25) is 0 Å². The Morgan fingerprint density at radius 2 is 2.40 bits per heavy atom. The summed E-state index contributed by atoms with van der Waals surface area (Å²) in [7, 11) is 0. The molecule has 0 aliphatic carbocycles. The van der Waals surface area contributed by atoms with E-state index in [9.17, 15) is 9.18 Å². The molecule has 1 atom stereocenters. The molecule has 0 aromatic heterocycles. The average Bonchev–Trinajstić information content (AvgIpc) is 2.27. The third-order valence-electron chi connectivity index (χ3n) is 2.68. The maximum atomic E-state index is 12.9. The second-order valence-corrected chi connectivity index (χ2v) is 3.72. The van der Waals surface area contributed by atoms with Crippen molar-refractivity contribution in [3.63, 3.8) is 0 Å². The molecule has 0 bridgehead atoms. The SMILES string of the molecule is CCC(=O)[C@@H]1CCc2cc(F)ccc2O1. The van der Waals surface area contributed by atoms with Gasteiger partial charge in [0.1, 0.15) is 11.6 Å². The van der Waals surface area contributed by atoms with E-state index >= 15 is 0 Å². The van der Waals surface area contributed by atoms with Crippen LogP contribution >= 0.6 is 0 Å². The molecule has 0 saturated heterocycles. The number of Topliss-reactive ketones (excluding diaryl/α,β-unsaturated/α-hetero) is 1. The van der Waals surface area contributed by atoms with Crippen LogP contribution < -0.4 is 4.74 Å². The van der Waals surface area contributed by atoms with Gasteiger partial charge in [-0.1, -0.05) is 6.92 Å². The van der Waals surface area contributed by atoms with Crippen molar-refractivity contribution in [2.45, 2.75) is 32.3 Å². The molecule has 1 aromatic carbocycles. The van der Waals surface area contributed by atoms with Gasteiger partial charge in [0.05, 0.1) is 0 Å². The van der Waals surface area contributed by atoms with E-state index in [1.165, 1.54) is 12.1 Å². The Hall–Kier alpha value is -1.38. The Morgan fingerprint density at radius 3 is 3.13 bits per heavy atom. The fourth-order valence-corrected chi connectivity index (χ4v) is 1.81. The highest BCUT2D eigenvalue weighted by atomic mass is 19.1. The number of fused-ring (bicyclic) bond motifs is 1. The molecule has 0 fully saturated rings. The van der Waals surface area contributed by atoms with Gasteiger partial charge in [-0.2, -0.15) is 0 Å². The van der Waals surface area contributed by atoms with E-state index in [0.29, 0.717) is 25.0 Å². The lowest BCUT2D eigenvalue weighted by atomic mass is 9.99. The molecule has 0 amide bonds. The molecule has 0 radical (unpaired) electrons. The van der Waals surface area contributed by atoms with Gasteiger partial charge in [0.15, 0.2) is 11.9 Å². The number of halogens is 1. The predicted molar refractivity (Wildman–Crippen MR) is 54.4 cm³/mol. The summed E-state index contributed by atoms with van der Waals surface area (Å²) in [5.41, 5.74) is 0.857. The van der Waals surface area contributed by atoms with E-state index in [1.807, 2.05) is 6.92 Å². The van der Waals surface area contributed by atoms with Crippen LogP contribution in [-0.2, 0) is 11.2 Å². The van der Waals surface area contributed by atoms with Gasteiger partial charge in [-0.05, 0) is 36.6 Å². The van der Waals surface area contributed by atoms with Crippen LogP contribution in [0.1, 0.15) is 25.3 Å². The first-order valence-electron chi connectivity index (χ1n) is 5.18. The number of ketones is 1. The summed E-state index contributed by atoms with van der Waals surface area (Å²) < 4.78 is 18.4. The molecule has 15 heavy (non-hydrogen) atoms. The fraction of sp³-hybridized carbons (Fsp3) is 0.417. The van der Waals surface area contributed by atoms with Crippen molar-refractivity contribution in [1.29, 1.82) is 0 Å². The zero-order chi connectivity index (χ0) is 10.8. The Balaban J connectivity index is 2.20. The van der Waals surface area contributed by atoms with Crippen LogP contribution in [0.3, 0.4) is 0 Å². The van der Waals surface area contributed by atoms with E-state index < -0.39 is 0 Å². The lowest BCUT2D eigenvalue weighted by molar-refractivity contribution is -0.126. The molecule has 1 aliphatic heterocycles. The maximum absolute atomic E-state index is 12.9. The maximum Gasteiger partial charge on any atom is 0.173 e. The number of rotatable bonds is 2. The van der Waals surface area contributed by atoms with Crippen molar-refractivity contribution in [2.24, 2.45) is 0 Å². The minimum absolute atomic E-state index is 0.116. The molecule has 1 aliphatic rings. The standard InChI is InChI=1S/C12H13FO2/c1-2-10(14)12-5-3-8-7-9(13)4-6-11(8)15-12/h4,6-7,12H,2-3,5H2,1H3/t12-/m0/s1. The van der Waals surface area contributed by atoms with Crippen LogP contribution in [-0.4, -0.2) is 11.9 Å². The van der Waals surface area contributed by atoms with E-state index in [2.05, 4.69) is 0 Å². The van der Waals surface area contributed by atoms with Crippen LogP contribution in [0.15, 0.2) is 18.2 Å². The summed E-state index contributed by atoms with van der Waals surface area (Å²) in [6.45, 7) is 1.83. The van der Waals surface area contributed by atoms with Crippen LogP contribution in [0.25, 0.3) is 0 Å². The van der Waals surface area contributed by atoms with E-state index in [0.717, 1.165) is 5.56 Å². The molecule has 0 spiro atoms. The third kappa shape index (κ3) is 2.01. The Labute approximate surface area is 88.1 Å². The molecule has 3 heteroatoms. The van der Waals surface area contributed by atoms with Crippen LogP contribution in [0.2, 0.25) is 0 Å². The Bertz CT molecular complexity index is 387. The summed E-state index contributed by atoms with van der Waals surface area (Å²) >= 11 is 0. The zero-order valence-corrected chi connectivity index (χ0v) is 8.63. The predicted octanol–water partition coefficient (Wildman–Crippen LogP) is 2.50. The van der Waals surface area contributed by atoms with Gasteiger partial charge in [0, 0.05) is 6.42 Å².